The number of nitrogens with zero attached hydrogens (tertiary/aromatic N) is 3. The van der Waals surface area contributed by atoms with Crippen molar-refractivity contribution in [3.8, 4) is 11.3 Å². The molecule has 1 unspecified atom stereocenters. The number of benzene rings is 2. The summed E-state index contributed by atoms with van der Waals surface area (Å²) in [5, 5.41) is 11.7. The number of thioether (sulfide) groups is 1. The second-order valence-electron chi connectivity index (χ2n) is 5.48. The Kier molecular flexibility index (Phi) is 5.74. The molecule has 3 rings (SSSR count). The molecular formula is C19H18N4OS. The van der Waals surface area contributed by atoms with E-state index in [0.717, 1.165) is 11.1 Å². The topological polar surface area (TPSA) is 67.8 Å². The van der Waals surface area contributed by atoms with Crippen LogP contribution in [0.3, 0.4) is 0 Å². The van der Waals surface area contributed by atoms with E-state index in [1.165, 1.54) is 11.8 Å². The van der Waals surface area contributed by atoms with Crippen molar-refractivity contribution in [1.82, 2.24) is 20.5 Å². The fourth-order valence-corrected chi connectivity index (χ4v) is 2.88. The minimum atomic E-state index is -0.0583. The predicted octanol–water partition coefficient (Wildman–Crippen LogP) is 3.51. The first kappa shape index (κ1) is 17.1. The predicted molar refractivity (Wildman–Crippen MR) is 99.0 cm³/mol. The van der Waals surface area contributed by atoms with Gasteiger partial charge < -0.3 is 5.32 Å². The quantitative estimate of drug-likeness (QED) is 0.689. The lowest BCUT2D eigenvalue weighted by atomic mass is 10.1. The van der Waals surface area contributed by atoms with E-state index in [2.05, 4.69) is 20.5 Å². The highest BCUT2D eigenvalue weighted by atomic mass is 32.2. The highest BCUT2D eigenvalue weighted by Crippen LogP contribution is 2.17. The van der Waals surface area contributed by atoms with Crippen molar-refractivity contribution in [2.45, 2.75) is 18.1 Å². The molecule has 5 nitrogen and oxygen atoms in total. The SMILES string of the molecule is CC(NC(=O)CSc1ncc(-c2ccccc2)nn1)c1ccccc1. The van der Waals surface area contributed by atoms with Gasteiger partial charge in [-0.2, -0.15) is 0 Å². The molecule has 1 atom stereocenters. The number of carbonyl (C=O) groups is 1. The average molecular weight is 350 g/mol. The third kappa shape index (κ3) is 4.87. The molecule has 1 aromatic heterocycles. The van der Waals surface area contributed by atoms with Gasteiger partial charge in [0.2, 0.25) is 11.1 Å². The lowest BCUT2D eigenvalue weighted by Gasteiger charge is -2.13. The molecule has 0 aliphatic carbocycles. The van der Waals surface area contributed by atoms with Crippen LogP contribution >= 0.6 is 11.8 Å². The Labute approximate surface area is 150 Å². The van der Waals surface area contributed by atoms with Crippen molar-refractivity contribution in [2.75, 3.05) is 5.75 Å². The van der Waals surface area contributed by atoms with E-state index in [-0.39, 0.29) is 17.7 Å². The molecule has 0 fully saturated rings. The van der Waals surface area contributed by atoms with E-state index in [9.17, 15) is 4.79 Å². The van der Waals surface area contributed by atoms with Crippen LogP contribution in [0.15, 0.2) is 72.0 Å². The summed E-state index contributed by atoms with van der Waals surface area (Å²) in [6.07, 6.45) is 1.68. The maximum Gasteiger partial charge on any atom is 0.230 e. The molecule has 126 valence electrons. The summed E-state index contributed by atoms with van der Waals surface area (Å²) in [6, 6.07) is 19.6. The minimum absolute atomic E-state index is 0.0335. The standard InChI is InChI=1S/C19H18N4OS/c1-14(15-8-4-2-5-9-15)21-18(24)13-25-19-20-12-17(22-23-19)16-10-6-3-7-11-16/h2-12,14H,13H2,1H3,(H,21,24). The van der Waals surface area contributed by atoms with Crippen molar-refractivity contribution < 1.29 is 4.79 Å². The zero-order valence-electron chi connectivity index (χ0n) is 13.8. The molecule has 1 amide bonds. The van der Waals surface area contributed by atoms with Crippen LogP contribution in [0.4, 0.5) is 0 Å². The number of hydrogen-bond donors (Lipinski definition) is 1. The minimum Gasteiger partial charge on any atom is -0.349 e. The van der Waals surface area contributed by atoms with Crippen molar-refractivity contribution >= 4 is 17.7 Å². The van der Waals surface area contributed by atoms with Crippen LogP contribution in [-0.4, -0.2) is 26.8 Å². The second kappa shape index (κ2) is 8.39. The smallest absolute Gasteiger partial charge is 0.230 e. The largest absolute Gasteiger partial charge is 0.349 e. The first-order valence-electron chi connectivity index (χ1n) is 7.94. The molecular weight excluding hydrogens is 332 g/mol. The molecule has 25 heavy (non-hydrogen) atoms. The van der Waals surface area contributed by atoms with Crippen molar-refractivity contribution in [2.24, 2.45) is 0 Å². The first-order chi connectivity index (χ1) is 12.2. The van der Waals surface area contributed by atoms with Gasteiger partial charge in [-0.3, -0.25) is 4.79 Å². The summed E-state index contributed by atoms with van der Waals surface area (Å²) in [7, 11) is 0. The molecule has 0 bridgehead atoms. The van der Waals surface area contributed by atoms with Crippen LogP contribution in [0.1, 0.15) is 18.5 Å². The lowest BCUT2D eigenvalue weighted by Crippen LogP contribution is -2.28. The Balaban J connectivity index is 1.52. The lowest BCUT2D eigenvalue weighted by molar-refractivity contribution is -0.119. The number of rotatable bonds is 6. The molecule has 0 aliphatic heterocycles. The van der Waals surface area contributed by atoms with E-state index in [4.69, 9.17) is 0 Å². The molecule has 1 heterocycles. The Hall–Kier alpha value is -2.73. The van der Waals surface area contributed by atoms with Gasteiger partial charge in [-0.15, -0.1) is 10.2 Å². The van der Waals surface area contributed by atoms with Gasteiger partial charge in [-0.25, -0.2) is 4.98 Å². The Morgan fingerprint density at radius 1 is 1.04 bits per heavy atom. The van der Waals surface area contributed by atoms with E-state index >= 15 is 0 Å². The van der Waals surface area contributed by atoms with Crippen LogP contribution in [-0.2, 0) is 4.79 Å². The normalized spacial score (nSPS) is 11.7. The maximum absolute atomic E-state index is 12.1. The van der Waals surface area contributed by atoms with Gasteiger partial charge in [-0.1, -0.05) is 72.4 Å². The zero-order valence-corrected chi connectivity index (χ0v) is 14.6. The first-order valence-corrected chi connectivity index (χ1v) is 8.93. The third-order valence-electron chi connectivity index (χ3n) is 3.62. The number of aromatic nitrogens is 3. The highest BCUT2D eigenvalue weighted by Gasteiger charge is 2.11. The number of carbonyl (C=O) groups excluding carboxylic acids is 1. The second-order valence-corrected chi connectivity index (χ2v) is 6.42. The Bertz CT molecular complexity index is 810. The molecule has 0 aliphatic rings. The molecule has 0 spiro atoms. The van der Waals surface area contributed by atoms with Crippen LogP contribution in [0.5, 0.6) is 0 Å². The molecule has 0 radical (unpaired) electrons. The van der Waals surface area contributed by atoms with Crippen LogP contribution in [0, 0.1) is 0 Å². The molecule has 0 saturated carbocycles. The number of nitrogens with one attached hydrogen (secondary N) is 1. The third-order valence-corrected chi connectivity index (χ3v) is 4.47. The Morgan fingerprint density at radius 2 is 1.72 bits per heavy atom. The van der Waals surface area contributed by atoms with E-state index < -0.39 is 0 Å². The summed E-state index contributed by atoms with van der Waals surface area (Å²) in [5.74, 6) is 0.195. The van der Waals surface area contributed by atoms with Crippen molar-refractivity contribution in [3.05, 3.63) is 72.4 Å². The fourth-order valence-electron chi connectivity index (χ4n) is 2.31. The molecule has 3 aromatic rings. The molecule has 0 saturated heterocycles. The van der Waals surface area contributed by atoms with Gasteiger partial charge >= 0.3 is 0 Å². The number of amides is 1. The van der Waals surface area contributed by atoms with Crippen molar-refractivity contribution in [3.63, 3.8) is 0 Å². The van der Waals surface area contributed by atoms with E-state index in [1.807, 2.05) is 67.6 Å². The van der Waals surface area contributed by atoms with Crippen LogP contribution < -0.4 is 5.32 Å². The molecule has 1 N–H and O–H groups in total. The summed E-state index contributed by atoms with van der Waals surface area (Å²) in [4.78, 5) is 16.4. The van der Waals surface area contributed by atoms with E-state index in [0.29, 0.717) is 10.9 Å². The highest BCUT2D eigenvalue weighted by molar-refractivity contribution is 7.99. The van der Waals surface area contributed by atoms with Gasteiger partial charge in [0.15, 0.2) is 0 Å². The Morgan fingerprint density at radius 3 is 2.36 bits per heavy atom. The maximum atomic E-state index is 12.1. The van der Waals surface area contributed by atoms with Crippen LogP contribution in [0.25, 0.3) is 11.3 Å². The van der Waals surface area contributed by atoms with Gasteiger partial charge in [-0.05, 0) is 12.5 Å². The fraction of sp³-hybridized carbons (Fsp3) is 0.158. The average Bonchev–Trinajstić information content (AvgIpc) is 2.68. The van der Waals surface area contributed by atoms with Crippen LogP contribution in [0.2, 0.25) is 0 Å². The van der Waals surface area contributed by atoms with Crippen molar-refractivity contribution in [1.29, 1.82) is 0 Å². The van der Waals surface area contributed by atoms with Gasteiger partial charge in [0.05, 0.1) is 18.0 Å². The van der Waals surface area contributed by atoms with Gasteiger partial charge in [0.25, 0.3) is 0 Å². The van der Waals surface area contributed by atoms with Gasteiger partial charge in [0, 0.05) is 5.56 Å². The summed E-state index contributed by atoms with van der Waals surface area (Å²) >= 11 is 1.27. The molecule has 6 heteroatoms. The zero-order chi connectivity index (χ0) is 17.5. The van der Waals surface area contributed by atoms with Gasteiger partial charge in [0.1, 0.15) is 5.69 Å². The monoisotopic (exact) mass is 350 g/mol. The molecule has 2 aromatic carbocycles. The van der Waals surface area contributed by atoms with E-state index in [1.54, 1.807) is 6.20 Å². The summed E-state index contributed by atoms with van der Waals surface area (Å²) in [6.45, 7) is 1.96. The summed E-state index contributed by atoms with van der Waals surface area (Å²) < 4.78 is 0. The number of hydrogen-bond acceptors (Lipinski definition) is 5. The summed E-state index contributed by atoms with van der Waals surface area (Å²) in [5.41, 5.74) is 2.76.